The normalized spacial score (nSPS) is 10.2. The molecule has 0 unspecified atom stereocenters. The Morgan fingerprint density at radius 2 is 1.62 bits per heavy atom. The molecular formula is C16H16F2N2O. The van der Waals surface area contributed by atoms with Gasteiger partial charge in [0.15, 0.2) is 0 Å². The summed E-state index contributed by atoms with van der Waals surface area (Å²) in [5.41, 5.74) is 2.09. The number of nitrogens with one attached hydrogen (secondary N) is 2. The van der Waals surface area contributed by atoms with Crippen LogP contribution in [0.25, 0.3) is 0 Å². The second-order valence-electron chi connectivity index (χ2n) is 4.61. The summed E-state index contributed by atoms with van der Waals surface area (Å²) in [5, 5.41) is 5.38. The van der Waals surface area contributed by atoms with E-state index in [2.05, 4.69) is 17.6 Å². The fraction of sp³-hybridized carbons (Fsp3) is 0.188. The van der Waals surface area contributed by atoms with E-state index in [4.69, 9.17) is 0 Å². The number of anilines is 2. The molecule has 2 N–H and O–H groups in total. The Hall–Kier alpha value is -2.43. The first kappa shape index (κ1) is 15.0. The fourth-order valence-electron chi connectivity index (χ4n) is 1.87. The molecule has 0 atom stereocenters. The molecule has 21 heavy (non-hydrogen) atoms. The molecule has 2 rings (SSSR count). The Morgan fingerprint density at radius 1 is 1.00 bits per heavy atom. The van der Waals surface area contributed by atoms with Gasteiger partial charge in [-0.15, -0.1) is 0 Å². The van der Waals surface area contributed by atoms with E-state index < -0.39 is 11.6 Å². The number of benzene rings is 2. The fourth-order valence-corrected chi connectivity index (χ4v) is 1.87. The van der Waals surface area contributed by atoms with Crippen LogP contribution in [0.3, 0.4) is 0 Å². The van der Waals surface area contributed by atoms with E-state index in [1.165, 1.54) is 5.56 Å². The number of halogens is 2. The number of amides is 1. The minimum absolute atomic E-state index is 0.0710. The molecule has 0 bridgehead atoms. The number of rotatable bonds is 5. The van der Waals surface area contributed by atoms with E-state index in [1.54, 1.807) is 0 Å². The first-order chi connectivity index (χ1) is 10.1. The number of hydrogen-bond donors (Lipinski definition) is 2. The van der Waals surface area contributed by atoms with Crippen molar-refractivity contribution >= 4 is 17.3 Å². The van der Waals surface area contributed by atoms with Gasteiger partial charge in [-0.25, -0.2) is 8.78 Å². The first-order valence-corrected chi connectivity index (χ1v) is 6.65. The van der Waals surface area contributed by atoms with Crippen LogP contribution in [-0.4, -0.2) is 12.5 Å². The van der Waals surface area contributed by atoms with Crippen molar-refractivity contribution in [3.63, 3.8) is 0 Å². The van der Waals surface area contributed by atoms with E-state index in [0.717, 1.165) is 24.6 Å². The second-order valence-corrected chi connectivity index (χ2v) is 4.61. The van der Waals surface area contributed by atoms with Crippen LogP contribution in [0.5, 0.6) is 0 Å². The summed E-state index contributed by atoms with van der Waals surface area (Å²) in [5.74, 6) is -1.66. The highest BCUT2D eigenvalue weighted by molar-refractivity contribution is 5.93. The van der Waals surface area contributed by atoms with Gasteiger partial charge in [-0.2, -0.15) is 0 Å². The molecule has 0 aliphatic rings. The summed E-state index contributed by atoms with van der Waals surface area (Å²) in [7, 11) is 0. The van der Waals surface area contributed by atoms with E-state index >= 15 is 0 Å². The molecule has 0 aliphatic carbocycles. The van der Waals surface area contributed by atoms with E-state index in [0.29, 0.717) is 5.69 Å². The van der Waals surface area contributed by atoms with Gasteiger partial charge in [-0.05, 0) is 36.2 Å². The molecule has 2 aromatic carbocycles. The molecule has 0 saturated carbocycles. The smallest absolute Gasteiger partial charge is 0.243 e. The zero-order valence-corrected chi connectivity index (χ0v) is 11.6. The van der Waals surface area contributed by atoms with Crippen molar-refractivity contribution in [3.05, 3.63) is 59.7 Å². The highest BCUT2D eigenvalue weighted by Crippen LogP contribution is 2.13. The average molecular weight is 290 g/mol. The lowest BCUT2D eigenvalue weighted by molar-refractivity contribution is -0.114. The van der Waals surface area contributed by atoms with Gasteiger partial charge >= 0.3 is 0 Å². The summed E-state index contributed by atoms with van der Waals surface area (Å²) in [4.78, 5) is 11.7. The average Bonchev–Trinajstić information content (AvgIpc) is 2.45. The molecule has 3 nitrogen and oxygen atoms in total. The van der Waals surface area contributed by atoms with Crippen molar-refractivity contribution in [1.82, 2.24) is 0 Å². The zero-order chi connectivity index (χ0) is 15.2. The second kappa shape index (κ2) is 6.83. The molecule has 2 aromatic rings. The Bertz CT molecular complexity index is 606. The summed E-state index contributed by atoms with van der Waals surface area (Å²) in [6, 6.07) is 10.5. The van der Waals surface area contributed by atoms with Crippen molar-refractivity contribution in [2.75, 3.05) is 17.2 Å². The summed E-state index contributed by atoms with van der Waals surface area (Å²) in [6.45, 7) is 1.98. The van der Waals surface area contributed by atoms with Gasteiger partial charge in [-0.3, -0.25) is 4.79 Å². The van der Waals surface area contributed by atoms with Gasteiger partial charge in [-0.1, -0.05) is 19.1 Å². The van der Waals surface area contributed by atoms with Crippen molar-refractivity contribution in [3.8, 4) is 0 Å². The Balaban J connectivity index is 1.89. The summed E-state index contributed by atoms with van der Waals surface area (Å²) in [6.07, 6.45) is 0.931. The minimum atomic E-state index is -0.687. The quantitative estimate of drug-likeness (QED) is 0.883. The molecule has 110 valence electrons. The highest BCUT2D eigenvalue weighted by Gasteiger charge is 2.04. The molecule has 0 aliphatic heterocycles. The van der Waals surface area contributed by atoms with Gasteiger partial charge in [0.2, 0.25) is 5.91 Å². The number of carbonyl (C=O) groups is 1. The van der Waals surface area contributed by atoms with Gasteiger partial charge in [0.1, 0.15) is 11.6 Å². The number of carbonyl (C=O) groups excluding carboxylic acids is 1. The Kier molecular flexibility index (Phi) is 4.87. The van der Waals surface area contributed by atoms with Crippen molar-refractivity contribution in [1.29, 1.82) is 0 Å². The molecule has 1 amide bonds. The van der Waals surface area contributed by atoms with Crippen LogP contribution in [-0.2, 0) is 11.2 Å². The SMILES string of the molecule is CCc1ccc(NC(=O)CNc2cc(F)cc(F)c2)cc1. The molecular weight excluding hydrogens is 274 g/mol. The first-order valence-electron chi connectivity index (χ1n) is 6.65. The van der Waals surface area contributed by atoms with Crippen LogP contribution in [0.4, 0.5) is 20.2 Å². The van der Waals surface area contributed by atoms with Crippen molar-refractivity contribution in [2.24, 2.45) is 0 Å². The Labute approximate surface area is 122 Å². The molecule has 0 radical (unpaired) electrons. The van der Waals surface area contributed by atoms with Crippen LogP contribution in [0, 0.1) is 11.6 Å². The van der Waals surface area contributed by atoms with Crippen LogP contribution >= 0.6 is 0 Å². The summed E-state index contributed by atoms with van der Waals surface area (Å²) < 4.78 is 26.0. The number of hydrogen-bond acceptors (Lipinski definition) is 2. The van der Waals surface area contributed by atoms with E-state index in [1.807, 2.05) is 24.3 Å². The maximum Gasteiger partial charge on any atom is 0.243 e. The monoisotopic (exact) mass is 290 g/mol. The number of aryl methyl sites for hydroxylation is 1. The predicted molar refractivity (Wildman–Crippen MR) is 79.3 cm³/mol. The maximum atomic E-state index is 13.0. The molecule has 5 heteroatoms. The molecule has 0 heterocycles. The zero-order valence-electron chi connectivity index (χ0n) is 11.6. The van der Waals surface area contributed by atoms with Crippen molar-refractivity contribution in [2.45, 2.75) is 13.3 Å². The van der Waals surface area contributed by atoms with Gasteiger partial charge in [0.05, 0.1) is 6.54 Å². The largest absolute Gasteiger partial charge is 0.376 e. The van der Waals surface area contributed by atoms with Gasteiger partial charge < -0.3 is 10.6 Å². The van der Waals surface area contributed by atoms with Crippen LogP contribution in [0.1, 0.15) is 12.5 Å². The lowest BCUT2D eigenvalue weighted by Gasteiger charge is -2.08. The third kappa shape index (κ3) is 4.56. The minimum Gasteiger partial charge on any atom is -0.376 e. The summed E-state index contributed by atoms with van der Waals surface area (Å²) >= 11 is 0. The topological polar surface area (TPSA) is 41.1 Å². The lowest BCUT2D eigenvalue weighted by Crippen LogP contribution is -2.21. The lowest BCUT2D eigenvalue weighted by atomic mass is 10.1. The van der Waals surface area contributed by atoms with Crippen LogP contribution in [0.15, 0.2) is 42.5 Å². The molecule has 0 saturated heterocycles. The highest BCUT2D eigenvalue weighted by atomic mass is 19.1. The van der Waals surface area contributed by atoms with Gasteiger partial charge in [0, 0.05) is 17.4 Å². The molecule has 0 aromatic heterocycles. The Morgan fingerprint density at radius 3 is 2.19 bits per heavy atom. The predicted octanol–water partition coefficient (Wildman–Crippen LogP) is 3.58. The molecule has 0 fully saturated rings. The van der Waals surface area contributed by atoms with E-state index in [9.17, 15) is 13.6 Å². The van der Waals surface area contributed by atoms with Crippen LogP contribution < -0.4 is 10.6 Å². The van der Waals surface area contributed by atoms with Crippen molar-refractivity contribution < 1.29 is 13.6 Å². The maximum absolute atomic E-state index is 13.0. The third-order valence-electron chi connectivity index (χ3n) is 2.96. The van der Waals surface area contributed by atoms with Gasteiger partial charge in [0.25, 0.3) is 0 Å². The van der Waals surface area contributed by atoms with E-state index in [-0.39, 0.29) is 18.1 Å². The third-order valence-corrected chi connectivity index (χ3v) is 2.96. The van der Waals surface area contributed by atoms with Crippen LogP contribution in [0.2, 0.25) is 0 Å². The molecule has 0 spiro atoms. The standard InChI is InChI=1S/C16H16F2N2O/c1-2-11-3-5-14(6-4-11)20-16(21)10-19-15-8-12(17)7-13(18)9-15/h3-9,19H,2,10H2,1H3,(H,20,21).